The summed E-state index contributed by atoms with van der Waals surface area (Å²) < 4.78 is 66.0. The van der Waals surface area contributed by atoms with E-state index in [9.17, 15) is 82.5 Å². The zero-order valence-corrected chi connectivity index (χ0v) is 71.8. The van der Waals surface area contributed by atoms with Gasteiger partial charge in [0.2, 0.25) is 41.4 Å². The SMILES string of the molecule is COC(=O)[C@@H]1C[C@H]1C(=O)Nc1cccc(-c2ccc(O[C@H]3CCN(C(=O)CO)C[C@H]3F)c(C#N)c2)c1.C[C@@H]1CCCN1c1ccc(-c2cccc(NC(=O)C3CC3)c2)cc1C#N.C[C@H](O)C(=O)N1CC[C@H](Oc2ccc(-c3cccc(NC(=O)C4CC4)c3)cc2C#N)[C@H](F)C1.N#Cc1cc(-c2cccc(NC(=O)[C@@H]3C[C@@H]3C(N)=O)c2)ccc1O[C@H]1CCN(C(=O)CO)C[C@H]1F. The van der Waals surface area contributed by atoms with Gasteiger partial charge in [0, 0.05) is 86.1 Å². The molecule has 8 amide bonds. The molecule has 4 aliphatic heterocycles. The molecule has 674 valence electrons. The van der Waals surface area contributed by atoms with Crippen LogP contribution in [-0.4, -0.2) is 198 Å². The predicted octanol–water partition coefficient (Wildman–Crippen LogP) is 11.7. The number of alkyl halides is 3. The van der Waals surface area contributed by atoms with Gasteiger partial charge in [-0.2, -0.15) is 21.0 Å². The number of nitriles is 4. The Balaban J connectivity index is 0.000000149. The standard InChI is InChI=1S/C26H26FN3O6.C25H25FN4O5.C25H26FN3O4.C22H23N3O/c1-35-26(34)20-11-19(20)25(33)29-18-4-2-3-15(10-18)16-5-6-22(17(9-16)12-28)36-23-7-8-30(13-21(23)27)24(32)14-31;26-20-12-30(23(32)13-31)7-6-22(20)35-21-5-4-15(8-16(21)11-27)14-2-1-3-17(9-14)29-25(34)19-10-18(19)24(28)33;1-15(30)25(32)29-10-9-23(21(26)14-29)33-22-8-7-18(11-19(22)13-27)17-3-2-4-20(12-17)28-24(31)16-5-6-16;1-15-4-3-11-25(15)21-10-9-18(12-19(21)14-23)17-5-2-6-20(13-17)24-22(26)16-7-8-16/h2-6,9-10,19-21,23,31H,7-8,11,13-14H2,1H3,(H,29,33);1-5,8-9,18-20,22,31H,6-7,10,12-13H2,(H2,28,33)(H,29,34);2-4,7-8,11-12,15-16,21,23,30H,5-6,9-10,14H2,1H3,(H,28,31);2,5-6,9-10,12-13,15-16H,3-4,7-8,11H2,1H3,(H,24,26)/t19-,20-,21-,23+;18-,19+,20+,22-;15-,21+,23-;15-/m1001/s1. The van der Waals surface area contributed by atoms with Gasteiger partial charge in [0.05, 0.1) is 78.4 Å². The summed E-state index contributed by atoms with van der Waals surface area (Å²) in [5.41, 5.74) is 16.8. The van der Waals surface area contributed by atoms with Gasteiger partial charge in [0.15, 0.2) is 18.5 Å². The van der Waals surface area contributed by atoms with Crippen molar-refractivity contribution in [2.45, 2.75) is 133 Å². The number of carbonyl (C=O) groups is 9. The molecule has 4 aliphatic carbocycles. The van der Waals surface area contributed by atoms with E-state index >= 15 is 0 Å². The number of piperidine rings is 3. The van der Waals surface area contributed by atoms with E-state index in [2.05, 4.69) is 74.2 Å². The maximum Gasteiger partial charge on any atom is 0.309 e. The number of carbonyl (C=O) groups excluding carboxylic acids is 9. The normalized spacial score (nSPS) is 21.7. The fourth-order valence-corrected chi connectivity index (χ4v) is 16.2. The highest BCUT2D eigenvalue weighted by molar-refractivity contribution is 6.01. The number of primary amides is 1. The molecule has 9 N–H and O–H groups in total. The second-order valence-electron chi connectivity index (χ2n) is 33.5. The maximum absolute atomic E-state index is 14.7. The molecule has 0 bridgehead atoms. The Bertz CT molecular complexity index is 5760. The number of anilines is 5. The molecule has 0 unspecified atom stereocenters. The van der Waals surface area contributed by atoms with Gasteiger partial charge in [-0.1, -0.05) is 72.8 Å². The third-order valence-corrected chi connectivity index (χ3v) is 24.1. The molecule has 8 aromatic rings. The zero-order valence-electron chi connectivity index (χ0n) is 71.8. The average molecular weight is 1770 g/mol. The Morgan fingerprint density at radius 1 is 0.438 bits per heavy atom. The Hall–Kier alpha value is -14.2. The van der Waals surface area contributed by atoms with Crippen LogP contribution in [0.1, 0.15) is 107 Å². The summed E-state index contributed by atoms with van der Waals surface area (Å²) in [5, 5.41) is 77.5. The summed E-state index contributed by atoms with van der Waals surface area (Å²) in [6, 6.07) is 59.6. The first kappa shape index (κ1) is 93.5. The summed E-state index contributed by atoms with van der Waals surface area (Å²) in [5.74, 6) is -3.42. The van der Waals surface area contributed by atoms with Crippen LogP contribution < -0.4 is 46.1 Å². The third kappa shape index (κ3) is 23.8. The van der Waals surface area contributed by atoms with E-state index in [1.807, 2.05) is 66.7 Å². The van der Waals surface area contributed by atoms with E-state index in [0.717, 1.165) is 77.0 Å². The van der Waals surface area contributed by atoms with Gasteiger partial charge in [-0.3, -0.25) is 43.2 Å². The summed E-state index contributed by atoms with van der Waals surface area (Å²) >= 11 is 0. The molecule has 32 heteroatoms. The first-order valence-corrected chi connectivity index (χ1v) is 43.3. The molecule has 4 heterocycles. The molecule has 0 aromatic heterocycles. The number of amides is 8. The largest absolute Gasteiger partial charge is 0.486 e. The molecule has 0 spiro atoms. The first-order chi connectivity index (χ1) is 62.6. The monoisotopic (exact) mass is 1770 g/mol. The lowest BCUT2D eigenvalue weighted by Crippen LogP contribution is -2.51. The second-order valence-corrected chi connectivity index (χ2v) is 33.5. The van der Waals surface area contributed by atoms with Gasteiger partial charge in [-0.15, -0.1) is 0 Å². The molecule has 8 aliphatic rings. The number of esters is 1. The number of methoxy groups -OCH3 is 1. The first-order valence-electron chi connectivity index (χ1n) is 43.3. The van der Waals surface area contributed by atoms with Crippen molar-refractivity contribution in [2.75, 3.05) is 92.3 Å². The number of benzene rings is 8. The topological polar surface area (TPSA) is 434 Å². The summed E-state index contributed by atoms with van der Waals surface area (Å²) in [6.45, 7) is 3.51. The van der Waals surface area contributed by atoms with Crippen LogP contribution in [0.15, 0.2) is 170 Å². The molecule has 4 saturated carbocycles. The Morgan fingerprint density at radius 3 is 1.10 bits per heavy atom. The molecule has 130 heavy (non-hydrogen) atoms. The molecule has 12 atom stereocenters. The van der Waals surface area contributed by atoms with Crippen molar-refractivity contribution in [3.63, 3.8) is 0 Å². The van der Waals surface area contributed by atoms with E-state index in [1.165, 1.54) is 41.6 Å². The summed E-state index contributed by atoms with van der Waals surface area (Å²) in [6.07, 6.45) is -0.110. The van der Waals surface area contributed by atoms with E-state index in [-0.39, 0.29) is 128 Å². The van der Waals surface area contributed by atoms with Gasteiger partial charge in [0.25, 0.3) is 5.91 Å². The number of hydrogen-bond donors (Lipinski definition) is 8. The van der Waals surface area contributed by atoms with E-state index in [4.69, 9.17) is 30.2 Å². The van der Waals surface area contributed by atoms with Crippen molar-refractivity contribution in [1.82, 2.24) is 14.7 Å². The van der Waals surface area contributed by atoms with Crippen molar-refractivity contribution < 1.29 is 90.6 Å². The molecule has 16 rings (SSSR count). The fraction of sp³-hybridized carbons (Fsp3) is 0.378. The van der Waals surface area contributed by atoms with Gasteiger partial charge in [-0.25, -0.2) is 13.2 Å². The predicted molar refractivity (Wildman–Crippen MR) is 474 cm³/mol. The van der Waals surface area contributed by atoms with Crippen molar-refractivity contribution in [2.24, 2.45) is 41.2 Å². The van der Waals surface area contributed by atoms with E-state index in [1.54, 1.807) is 91.0 Å². The molecule has 8 fully saturated rings. The minimum Gasteiger partial charge on any atom is -0.486 e. The number of aliphatic hydroxyl groups excluding tert-OH is 3. The summed E-state index contributed by atoms with van der Waals surface area (Å²) in [7, 11) is 1.30. The van der Waals surface area contributed by atoms with Crippen LogP contribution in [0.5, 0.6) is 17.2 Å². The number of ether oxygens (including phenoxy) is 4. The number of halogens is 3. The second kappa shape index (κ2) is 42.6. The number of aliphatic hydroxyl groups is 3. The van der Waals surface area contributed by atoms with Gasteiger partial charge in [0.1, 0.15) is 79.2 Å². The van der Waals surface area contributed by atoms with Crippen LogP contribution in [-0.2, 0) is 47.9 Å². The molecule has 29 nitrogen and oxygen atoms in total. The zero-order chi connectivity index (χ0) is 92.6. The van der Waals surface area contributed by atoms with Crippen molar-refractivity contribution in [3.8, 4) is 86.0 Å². The fourth-order valence-electron chi connectivity index (χ4n) is 16.2. The van der Waals surface area contributed by atoms with Crippen LogP contribution in [0.3, 0.4) is 0 Å². The minimum atomic E-state index is -1.45. The van der Waals surface area contributed by atoms with Crippen LogP contribution in [0.4, 0.5) is 41.6 Å². The van der Waals surface area contributed by atoms with Crippen molar-refractivity contribution >= 4 is 81.7 Å². The highest BCUT2D eigenvalue weighted by Gasteiger charge is 2.50. The lowest BCUT2D eigenvalue weighted by atomic mass is 10.0. The number of rotatable bonds is 24. The van der Waals surface area contributed by atoms with Crippen LogP contribution in [0.2, 0.25) is 0 Å². The Kier molecular flexibility index (Phi) is 30.6. The number of nitrogens with two attached hydrogens (primary N) is 1. The van der Waals surface area contributed by atoms with Crippen LogP contribution in [0.25, 0.3) is 44.5 Å². The van der Waals surface area contributed by atoms with E-state index in [0.29, 0.717) is 52.6 Å². The smallest absolute Gasteiger partial charge is 0.309 e. The lowest BCUT2D eigenvalue weighted by molar-refractivity contribution is -0.143. The van der Waals surface area contributed by atoms with Crippen LogP contribution in [0, 0.1) is 80.8 Å². The number of nitrogens with zero attached hydrogens (tertiary/aromatic N) is 8. The number of likely N-dealkylation sites (tertiary alicyclic amines) is 3. The van der Waals surface area contributed by atoms with Gasteiger partial charge >= 0.3 is 5.97 Å². The summed E-state index contributed by atoms with van der Waals surface area (Å²) in [4.78, 5) is 113. The lowest BCUT2D eigenvalue weighted by Gasteiger charge is -2.35. The molecular weight excluding hydrogens is 1670 g/mol. The molecule has 4 saturated heterocycles. The van der Waals surface area contributed by atoms with Crippen molar-refractivity contribution in [3.05, 3.63) is 192 Å². The van der Waals surface area contributed by atoms with Crippen LogP contribution >= 0.6 is 0 Å². The van der Waals surface area contributed by atoms with Crippen molar-refractivity contribution in [1.29, 1.82) is 21.0 Å². The Labute approximate surface area is 749 Å². The molecular formula is C98H100F3N13O16. The molecule has 8 aromatic carbocycles. The van der Waals surface area contributed by atoms with Gasteiger partial charge in [-0.05, 0) is 207 Å². The highest BCUT2D eigenvalue weighted by Crippen LogP contribution is 2.43. The quantitative estimate of drug-likeness (QED) is 0.0260. The Morgan fingerprint density at radius 2 is 0.777 bits per heavy atom. The van der Waals surface area contributed by atoms with Gasteiger partial charge < -0.3 is 80.9 Å². The minimum absolute atomic E-state index is 0.0237. The number of hydrogen-bond acceptors (Lipinski definition) is 21. The highest BCUT2D eigenvalue weighted by atomic mass is 19.1. The average Bonchev–Trinajstić information content (AvgIpc) is 1.61. The van der Waals surface area contributed by atoms with E-state index < -0.39 is 109 Å². The molecule has 0 radical (unpaired) electrons. The third-order valence-electron chi connectivity index (χ3n) is 24.1. The maximum atomic E-state index is 14.7. The number of nitrogens with one attached hydrogen (secondary N) is 4.